The normalized spacial score (nSPS) is 21.2. The molecule has 0 saturated heterocycles. The van der Waals surface area contributed by atoms with E-state index >= 15 is 0 Å². The van der Waals surface area contributed by atoms with Gasteiger partial charge in [-0.25, -0.2) is 0 Å². The zero-order chi connectivity index (χ0) is 13.1. The van der Waals surface area contributed by atoms with Crippen molar-refractivity contribution in [2.75, 3.05) is 0 Å². The highest BCUT2D eigenvalue weighted by molar-refractivity contribution is 6.39. The molecular weight excluding hydrogens is 269 g/mol. The molecule has 0 amide bonds. The third kappa shape index (κ3) is 1.75. The maximum atomic E-state index is 12.4. The van der Waals surface area contributed by atoms with Crippen LogP contribution in [-0.2, 0) is 0 Å². The van der Waals surface area contributed by atoms with Gasteiger partial charge in [0.1, 0.15) is 0 Å². The van der Waals surface area contributed by atoms with Gasteiger partial charge in [-0.2, -0.15) is 0 Å². The summed E-state index contributed by atoms with van der Waals surface area (Å²) in [4.78, 5) is 15.5. The van der Waals surface area contributed by atoms with Gasteiger partial charge >= 0.3 is 0 Å². The Morgan fingerprint density at radius 1 is 1.39 bits per heavy atom. The summed E-state index contributed by atoms with van der Waals surface area (Å²) in [5.41, 5.74) is 1.62. The standard InChI is InChI=1S/C14H13Cl2NO/c1-14(2)5-9(14)13(18)8-6-17-11-4-7(15)3-10(16)12(8)11/h3-4,6,9,17H,5H2,1-2H3. The predicted molar refractivity (Wildman–Crippen MR) is 74.5 cm³/mol. The molecule has 1 saturated carbocycles. The third-order valence-electron chi connectivity index (χ3n) is 3.79. The first-order chi connectivity index (χ1) is 8.40. The van der Waals surface area contributed by atoms with Crippen molar-refractivity contribution in [2.45, 2.75) is 20.3 Å². The summed E-state index contributed by atoms with van der Waals surface area (Å²) in [6, 6.07) is 3.46. The first kappa shape index (κ1) is 12.1. The molecule has 4 heteroatoms. The van der Waals surface area contributed by atoms with Gasteiger partial charge in [0, 0.05) is 33.6 Å². The van der Waals surface area contributed by atoms with Crippen LogP contribution in [0.25, 0.3) is 10.9 Å². The SMILES string of the molecule is CC1(C)CC1C(=O)c1c[nH]c2cc(Cl)cc(Cl)c12. The van der Waals surface area contributed by atoms with Crippen molar-refractivity contribution < 1.29 is 4.79 Å². The first-order valence-corrected chi connectivity index (χ1v) is 6.66. The Morgan fingerprint density at radius 3 is 2.67 bits per heavy atom. The summed E-state index contributed by atoms with van der Waals surface area (Å²) in [7, 11) is 0. The van der Waals surface area contributed by atoms with Gasteiger partial charge in [-0.15, -0.1) is 0 Å². The van der Waals surface area contributed by atoms with Crippen LogP contribution >= 0.6 is 23.2 Å². The number of rotatable bonds is 2. The highest BCUT2D eigenvalue weighted by Crippen LogP contribution is 2.53. The van der Waals surface area contributed by atoms with Crippen molar-refractivity contribution in [3.8, 4) is 0 Å². The Balaban J connectivity index is 2.11. The van der Waals surface area contributed by atoms with E-state index in [4.69, 9.17) is 23.2 Å². The second-order valence-corrected chi connectivity index (χ2v) is 6.47. The van der Waals surface area contributed by atoms with Crippen molar-refractivity contribution in [2.24, 2.45) is 11.3 Å². The fourth-order valence-corrected chi connectivity index (χ4v) is 3.08. The number of aromatic amines is 1. The Bertz CT molecular complexity index is 657. The molecule has 1 fully saturated rings. The minimum Gasteiger partial charge on any atom is -0.360 e. The van der Waals surface area contributed by atoms with E-state index in [-0.39, 0.29) is 17.1 Å². The number of Topliss-reactive ketones (excluding diaryl/α,β-unsaturated/α-hetero) is 1. The van der Waals surface area contributed by atoms with Gasteiger partial charge in [0.2, 0.25) is 0 Å². The van der Waals surface area contributed by atoms with E-state index in [1.807, 2.05) is 0 Å². The van der Waals surface area contributed by atoms with Crippen LogP contribution in [0.3, 0.4) is 0 Å². The zero-order valence-corrected chi connectivity index (χ0v) is 11.7. The first-order valence-electron chi connectivity index (χ1n) is 5.90. The molecule has 18 heavy (non-hydrogen) atoms. The molecule has 1 N–H and O–H groups in total. The molecule has 94 valence electrons. The largest absolute Gasteiger partial charge is 0.360 e. The van der Waals surface area contributed by atoms with Crippen LogP contribution in [0.5, 0.6) is 0 Å². The summed E-state index contributed by atoms with van der Waals surface area (Å²) in [5, 5.41) is 1.88. The van der Waals surface area contributed by atoms with Crippen LogP contribution in [0, 0.1) is 11.3 Å². The van der Waals surface area contributed by atoms with Gasteiger partial charge in [0.05, 0.1) is 5.02 Å². The highest BCUT2D eigenvalue weighted by atomic mass is 35.5. The molecule has 0 aliphatic heterocycles. The molecule has 1 atom stereocenters. The molecule has 2 nitrogen and oxygen atoms in total. The third-order valence-corrected chi connectivity index (χ3v) is 4.31. The van der Waals surface area contributed by atoms with Gasteiger partial charge in [-0.3, -0.25) is 4.79 Å². The number of H-pyrrole nitrogens is 1. The molecule has 1 aliphatic carbocycles. The molecule has 1 unspecified atom stereocenters. The second kappa shape index (κ2) is 3.75. The second-order valence-electron chi connectivity index (χ2n) is 5.62. The summed E-state index contributed by atoms with van der Waals surface area (Å²) in [6.07, 6.45) is 2.69. The van der Waals surface area contributed by atoms with E-state index < -0.39 is 0 Å². The van der Waals surface area contributed by atoms with Gasteiger partial charge in [0.15, 0.2) is 5.78 Å². The lowest BCUT2D eigenvalue weighted by Gasteiger charge is -2.03. The lowest BCUT2D eigenvalue weighted by atomic mass is 10.0. The van der Waals surface area contributed by atoms with Gasteiger partial charge < -0.3 is 4.98 Å². The number of hydrogen-bond donors (Lipinski definition) is 1. The van der Waals surface area contributed by atoms with E-state index in [9.17, 15) is 4.79 Å². The molecule has 0 spiro atoms. The van der Waals surface area contributed by atoms with Crippen LogP contribution in [-0.4, -0.2) is 10.8 Å². The number of nitrogens with one attached hydrogen (secondary N) is 1. The highest BCUT2D eigenvalue weighted by Gasteiger charge is 2.50. The van der Waals surface area contributed by atoms with E-state index in [1.165, 1.54) is 0 Å². The molecule has 1 heterocycles. The number of fused-ring (bicyclic) bond motifs is 1. The molecule has 1 aliphatic rings. The van der Waals surface area contributed by atoms with Gasteiger partial charge in [0.25, 0.3) is 0 Å². The molecule has 1 aromatic heterocycles. The van der Waals surface area contributed by atoms with E-state index in [0.29, 0.717) is 15.6 Å². The van der Waals surface area contributed by atoms with Gasteiger partial charge in [-0.1, -0.05) is 37.0 Å². The quantitative estimate of drug-likeness (QED) is 0.795. The fourth-order valence-electron chi connectivity index (χ4n) is 2.48. The molecule has 3 rings (SSSR count). The fraction of sp³-hybridized carbons (Fsp3) is 0.357. The molecule has 0 radical (unpaired) electrons. The smallest absolute Gasteiger partial charge is 0.168 e. The van der Waals surface area contributed by atoms with Crippen LogP contribution in [0.2, 0.25) is 10.0 Å². The zero-order valence-electron chi connectivity index (χ0n) is 10.2. The summed E-state index contributed by atoms with van der Waals surface area (Å²) in [5.74, 6) is 0.290. The number of halogens is 2. The molecule has 2 aromatic rings. The van der Waals surface area contributed by atoms with Crippen LogP contribution in [0.15, 0.2) is 18.3 Å². The average Bonchev–Trinajstić information content (AvgIpc) is 2.72. The number of carbonyl (C=O) groups is 1. The number of benzene rings is 1. The maximum Gasteiger partial charge on any atom is 0.168 e. The van der Waals surface area contributed by atoms with E-state index in [2.05, 4.69) is 18.8 Å². The lowest BCUT2D eigenvalue weighted by molar-refractivity contribution is 0.0955. The lowest BCUT2D eigenvalue weighted by Crippen LogP contribution is -2.05. The predicted octanol–water partition coefficient (Wildman–Crippen LogP) is 4.70. The van der Waals surface area contributed by atoms with E-state index in [1.54, 1.807) is 18.3 Å². The van der Waals surface area contributed by atoms with Gasteiger partial charge in [-0.05, 0) is 24.0 Å². The van der Waals surface area contributed by atoms with Crippen molar-refractivity contribution in [3.63, 3.8) is 0 Å². The van der Waals surface area contributed by atoms with Crippen molar-refractivity contribution in [1.29, 1.82) is 0 Å². The van der Waals surface area contributed by atoms with Crippen molar-refractivity contribution >= 4 is 39.9 Å². The van der Waals surface area contributed by atoms with Crippen molar-refractivity contribution in [3.05, 3.63) is 33.9 Å². The van der Waals surface area contributed by atoms with Crippen LogP contribution in [0.1, 0.15) is 30.6 Å². The van der Waals surface area contributed by atoms with Crippen LogP contribution < -0.4 is 0 Å². The Hall–Kier alpha value is -0.990. The number of aromatic nitrogens is 1. The van der Waals surface area contributed by atoms with Crippen molar-refractivity contribution in [1.82, 2.24) is 4.98 Å². The molecule has 1 aromatic carbocycles. The monoisotopic (exact) mass is 281 g/mol. The Kier molecular flexibility index (Phi) is 2.51. The number of ketones is 1. The average molecular weight is 282 g/mol. The Morgan fingerprint density at radius 2 is 2.06 bits per heavy atom. The topological polar surface area (TPSA) is 32.9 Å². The Labute approximate surface area is 115 Å². The molecule has 0 bridgehead atoms. The minimum atomic E-state index is 0.114. The van der Waals surface area contributed by atoms with Crippen LogP contribution in [0.4, 0.5) is 0 Å². The molecular formula is C14H13Cl2NO. The summed E-state index contributed by atoms with van der Waals surface area (Å²) in [6.45, 7) is 4.23. The maximum absolute atomic E-state index is 12.4. The number of carbonyl (C=O) groups excluding carboxylic acids is 1. The summed E-state index contributed by atoms with van der Waals surface area (Å²) >= 11 is 12.1. The van der Waals surface area contributed by atoms with E-state index in [0.717, 1.165) is 17.3 Å². The summed E-state index contributed by atoms with van der Waals surface area (Å²) < 4.78 is 0. The minimum absolute atomic E-state index is 0.114. The number of hydrogen-bond acceptors (Lipinski definition) is 1.